The molecule has 0 fully saturated rings. The van der Waals surface area contributed by atoms with E-state index in [4.69, 9.17) is 16.9 Å². The van der Waals surface area contributed by atoms with Crippen molar-refractivity contribution in [3.8, 4) is 6.07 Å². The van der Waals surface area contributed by atoms with Crippen LogP contribution in [0.25, 0.3) is 0 Å². The van der Waals surface area contributed by atoms with Gasteiger partial charge in [0.05, 0.1) is 17.0 Å². The fourth-order valence-electron chi connectivity index (χ4n) is 1.34. The fraction of sp³-hybridized carbons (Fsp3) is 0.0833. The summed E-state index contributed by atoms with van der Waals surface area (Å²) < 4.78 is 0. The van der Waals surface area contributed by atoms with Crippen molar-refractivity contribution in [2.75, 3.05) is 0 Å². The van der Waals surface area contributed by atoms with Crippen LogP contribution in [0.2, 0.25) is 0 Å². The number of benzene rings is 1. The van der Waals surface area contributed by atoms with Crippen molar-refractivity contribution in [1.29, 1.82) is 5.26 Å². The lowest BCUT2D eigenvalue weighted by Crippen LogP contribution is -1.90. The second kappa shape index (κ2) is 4.48. The Hall–Kier alpha value is -1.30. The molecule has 0 saturated carbocycles. The van der Waals surface area contributed by atoms with E-state index in [1.165, 1.54) is 0 Å². The molecular formula is C12H8ClNS. The molecule has 0 aliphatic carbocycles. The molecular weight excluding hydrogens is 226 g/mol. The van der Waals surface area contributed by atoms with E-state index in [0.29, 0.717) is 5.56 Å². The van der Waals surface area contributed by atoms with Crippen molar-refractivity contribution in [3.63, 3.8) is 0 Å². The summed E-state index contributed by atoms with van der Waals surface area (Å²) in [6, 6.07) is 11.5. The van der Waals surface area contributed by atoms with Crippen molar-refractivity contribution in [2.45, 2.75) is 5.38 Å². The minimum atomic E-state index is -0.121. The number of nitriles is 1. The largest absolute Gasteiger partial charge is 0.192 e. The first-order valence-electron chi connectivity index (χ1n) is 4.47. The first-order valence-corrected chi connectivity index (χ1v) is 5.85. The van der Waals surface area contributed by atoms with Crippen LogP contribution in [0.15, 0.2) is 41.1 Å². The molecule has 2 rings (SSSR count). The monoisotopic (exact) mass is 233 g/mol. The van der Waals surface area contributed by atoms with Gasteiger partial charge in [-0.05, 0) is 40.1 Å². The maximum atomic E-state index is 8.67. The summed E-state index contributed by atoms with van der Waals surface area (Å²) in [5, 5.41) is 12.6. The topological polar surface area (TPSA) is 23.8 Å². The van der Waals surface area contributed by atoms with Crippen molar-refractivity contribution < 1.29 is 0 Å². The smallest absolute Gasteiger partial charge is 0.0991 e. The van der Waals surface area contributed by atoms with E-state index in [-0.39, 0.29) is 5.38 Å². The molecule has 0 bridgehead atoms. The van der Waals surface area contributed by atoms with Crippen molar-refractivity contribution in [2.24, 2.45) is 0 Å². The number of rotatable bonds is 2. The second-order valence-corrected chi connectivity index (χ2v) is 4.37. The first-order chi connectivity index (χ1) is 7.31. The fourth-order valence-corrected chi connectivity index (χ4v) is 2.38. The third kappa shape index (κ3) is 2.20. The van der Waals surface area contributed by atoms with Gasteiger partial charge in [0.25, 0.3) is 0 Å². The van der Waals surface area contributed by atoms with Gasteiger partial charge in [-0.1, -0.05) is 12.1 Å². The molecule has 0 spiro atoms. The van der Waals surface area contributed by atoms with E-state index < -0.39 is 0 Å². The molecule has 0 saturated heterocycles. The van der Waals surface area contributed by atoms with Gasteiger partial charge in [-0.2, -0.15) is 16.6 Å². The molecule has 2 aromatic rings. The van der Waals surface area contributed by atoms with Crippen LogP contribution in [-0.4, -0.2) is 0 Å². The molecule has 1 aromatic carbocycles. The molecule has 0 N–H and O–H groups in total. The maximum Gasteiger partial charge on any atom is 0.0991 e. The molecule has 3 heteroatoms. The van der Waals surface area contributed by atoms with Gasteiger partial charge in [-0.25, -0.2) is 0 Å². The van der Waals surface area contributed by atoms with Crippen molar-refractivity contribution >= 4 is 22.9 Å². The van der Waals surface area contributed by atoms with E-state index in [1.54, 1.807) is 23.5 Å². The van der Waals surface area contributed by atoms with Crippen LogP contribution in [0.4, 0.5) is 0 Å². The molecule has 1 heterocycles. The van der Waals surface area contributed by atoms with Gasteiger partial charge in [-0.3, -0.25) is 0 Å². The summed E-state index contributed by atoms with van der Waals surface area (Å²) in [6.45, 7) is 0. The maximum absolute atomic E-state index is 8.67. The highest BCUT2D eigenvalue weighted by molar-refractivity contribution is 7.08. The number of nitrogens with zero attached hydrogens (tertiary/aromatic N) is 1. The molecule has 1 nitrogen and oxygen atoms in total. The third-order valence-electron chi connectivity index (χ3n) is 2.17. The second-order valence-electron chi connectivity index (χ2n) is 3.15. The minimum Gasteiger partial charge on any atom is -0.192 e. The van der Waals surface area contributed by atoms with E-state index >= 15 is 0 Å². The average molecular weight is 234 g/mol. The Labute approximate surface area is 97.6 Å². The van der Waals surface area contributed by atoms with E-state index in [2.05, 4.69) is 6.07 Å². The molecule has 1 atom stereocenters. The third-order valence-corrected chi connectivity index (χ3v) is 3.37. The first kappa shape index (κ1) is 10.2. The lowest BCUT2D eigenvalue weighted by molar-refractivity contribution is 1.15. The summed E-state index contributed by atoms with van der Waals surface area (Å²) in [5.74, 6) is 0. The SMILES string of the molecule is N#Cc1ccc(C(Cl)c2ccsc2)cc1. The zero-order valence-electron chi connectivity index (χ0n) is 7.85. The van der Waals surface area contributed by atoms with Gasteiger partial charge >= 0.3 is 0 Å². The van der Waals surface area contributed by atoms with E-state index in [9.17, 15) is 0 Å². The minimum absolute atomic E-state index is 0.121. The number of alkyl halides is 1. The summed E-state index contributed by atoms with van der Waals surface area (Å²) >= 11 is 7.93. The lowest BCUT2D eigenvalue weighted by atomic mass is 10.1. The van der Waals surface area contributed by atoms with Crippen LogP contribution in [-0.2, 0) is 0 Å². The Kier molecular flexibility index (Phi) is 3.05. The zero-order valence-corrected chi connectivity index (χ0v) is 9.42. The van der Waals surface area contributed by atoms with Gasteiger partial charge in [0.2, 0.25) is 0 Å². The van der Waals surface area contributed by atoms with Gasteiger partial charge < -0.3 is 0 Å². The molecule has 15 heavy (non-hydrogen) atoms. The molecule has 0 radical (unpaired) electrons. The molecule has 0 aliphatic heterocycles. The van der Waals surface area contributed by atoms with Gasteiger partial charge in [-0.15, -0.1) is 11.6 Å². The molecule has 0 amide bonds. The highest BCUT2D eigenvalue weighted by Gasteiger charge is 2.10. The summed E-state index contributed by atoms with van der Waals surface area (Å²) in [7, 11) is 0. The van der Waals surface area contributed by atoms with Crippen molar-refractivity contribution in [3.05, 3.63) is 57.8 Å². The summed E-state index contributed by atoms with van der Waals surface area (Å²) in [5.41, 5.74) is 2.79. The standard InChI is InChI=1S/C12H8ClNS/c13-12(11-5-6-15-8-11)10-3-1-9(7-14)2-4-10/h1-6,8,12H. The molecule has 74 valence electrons. The van der Waals surface area contributed by atoms with Crippen LogP contribution in [0.1, 0.15) is 22.1 Å². The normalized spacial score (nSPS) is 12.0. The van der Waals surface area contributed by atoms with Gasteiger partial charge in [0.15, 0.2) is 0 Å². The predicted molar refractivity (Wildman–Crippen MR) is 63.2 cm³/mol. The highest BCUT2D eigenvalue weighted by atomic mass is 35.5. The van der Waals surface area contributed by atoms with Crippen LogP contribution >= 0.6 is 22.9 Å². The Balaban J connectivity index is 2.27. The molecule has 1 aromatic heterocycles. The van der Waals surface area contributed by atoms with Gasteiger partial charge in [0.1, 0.15) is 0 Å². The lowest BCUT2D eigenvalue weighted by Gasteiger charge is -2.07. The van der Waals surface area contributed by atoms with Crippen LogP contribution in [0.3, 0.4) is 0 Å². The van der Waals surface area contributed by atoms with Crippen LogP contribution < -0.4 is 0 Å². The van der Waals surface area contributed by atoms with E-state index in [0.717, 1.165) is 11.1 Å². The number of thiophene rings is 1. The predicted octanol–water partition coefficient (Wildman–Crippen LogP) is 3.95. The summed E-state index contributed by atoms with van der Waals surface area (Å²) in [4.78, 5) is 0. The Morgan fingerprint density at radius 2 is 1.87 bits per heavy atom. The number of hydrogen-bond acceptors (Lipinski definition) is 2. The average Bonchev–Trinajstić information content (AvgIpc) is 2.82. The van der Waals surface area contributed by atoms with E-state index in [1.807, 2.05) is 29.0 Å². The Bertz CT molecular complexity index is 467. The quantitative estimate of drug-likeness (QED) is 0.721. The molecule has 1 unspecified atom stereocenters. The number of hydrogen-bond donors (Lipinski definition) is 0. The molecule has 0 aliphatic rings. The highest BCUT2D eigenvalue weighted by Crippen LogP contribution is 2.29. The Morgan fingerprint density at radius 1 is 1.13 bits per heavy atom. The van der Waals surface area contributed by atoms with Crippen LogP contribution in [0, 0.1) is 11.3 Å². The van der Waals surface area contributed by atoms with Crippen molar-refractivity contribution in [1.82, 2.24) is 0 Å². The Morgan fingerprint density at radius 3 is 2.40 bits per heavy atom. The zero-order chi connectivity index (χ0) is 10.7. The number of halogens is 1. The van der Waals surface area contributed by atoms with Crippen LogP contribution in [0.5, 0.6) is 0 Å². The summed E-state index contributed by atoms with van der Waals surface area (Å²) in [6.07, 6.45) is 0. The van der Waals surface area contributed by atoms with Gasteiger partial charge in [0, 0.05) is 0 Å².